The molecule has 2 aliphatic heterocycles. The Balaban J connectivity index is 0.000000339. The highest BCUT2D eigenvalue weighted by molar-refractivity contribution is 5.73. The maximum absolute atomic E-state index is 13.8. The number of carboxylic acid groups (broad SMARTS) is 1. The van der Waals surface area contributed by atoms with Gasteiger partial charge >= 0.3 is 12.1 Å². The van der Waals surface area contributed by atoms with E-state index < -0.39 is 18.0 Å². The van der Waals surface area contributed by atoms with Gasteiger partial charge in [0, 0.05) is 38.0 Å². The van der Waals surface area contributed by atoms with E-state index in [0.29, 0.717) is 19.7 Å². The molecule has 0 bridgehead atoms. The SMILES string of the molecule is Cc1cc(CN2C[C@@H](Oc3ncccc3F)[C@H]3OCCC[C@H]32)no1.O=C(O)C(F)(F)F. The standard InChI is InChI=1S/C17H20FN3O3.C2HF3O2/c1-11-8-12(20-24-11)9-21-10-15(16-14(21)5-3-7-22-16)23-17-13(18)4-2-6-19-17;3-2(4,5)1(6)7/h2,4,6,8,14-16H,3,5,7,9-10H2,1H3;(H,6,7)/t14-,15-,16+;/m1./s1. The van der Waals surface area contributed by atoms with Crippen LogP contribution in [0.1, 0.15) is 24.3 Å². The molecule has 2 saturated heterocycles. The number of aromatic nitrogens is 2. The number of fused-ring (bicyclic) bond motifs is 1. The number of likely N-dealkylation sites (tertiary alicyclic amines) is 1. The number of ether oxygens (including phenoxy) is 2. The third kappa shape index (κ3) is 5.91. The maximum atomic E-state index is 13.8. The molecule has 8 nitrogen and oxygen atoms in total. The van der Waals surface area contributed by atoms with E-state index in [0.717, 1.165) is 24.3 Å². The number of hydrogen-bond acceptors (Lipinski definition) is 7. The molecule has 0 radical (unpaired) electrons. The lowest BCUT2D eigenvalue weighted by molar-refractivity contribution is -0.192. The van der Waals surface area contributed by atoms with Crippen LogP contribution in [0.15, 0.2) is 28.9 Å². The second kappa shape index (κ2) is 9.60. The Morgan fingerprint density at radius 3 is 2.77 bits per heavy atom. The number of hydrogen-bond donors (Lipinski definition) is 1. The lowest BCUT2D eigenvalue weighted by atomic mass is 10.0. The van der Waals surface area contributed by atoms with E-state index in [2.05, 4.69) is 15.0 Å². The fourth-order valence-corrected chi connectivity index (χ4v) is 3.59. The number of alkyl halides is 3. The van der Waals surface area contributed by atoms with E-state index in [9.17, 15) is 17.6 Å². The van der Waals surface area contributed by atoms with E-state index in [-0.39, 0.29) is 24.1 Å². The summed E-state index contributed by atoms with van der Waals surface area (Å²) < 4.78 is 62.5. The van der Waals surface area contributed by atoms with Gasteiger partial charge in [-0.2, -0.15) is 13.2 Å². The van der Waals surface area contributed by atoms with Crippen molar-refractivity contribution in [3.05, 3.63) is 41.7 Å². The van der Waals surface area contributed by atoms with Crippen LogP contribution < -0.4 is 4.74 Å². The molecule has 2 fully saturated rings. The van der Waals surface area contributed by atoms with Crippen molar-refractivity contribution in [3.63, 3.8) is 0 Å². The van der Waals surface area contributed by atoms with Gasteiger partial charge in [0.05, 0.1) is 5.69 Å². The normalized spacial score (nSPS) is 23.6. The van der Waals surface area contributed by atoms with Crippen molar-refractivity contribution >= 4 is 5.97 Å². The molecule has 0 spiro atoms. The van der Waals surface area contributed by atoms with Crippen molar-refractivity contribution in [1.29, 1.82) is 0 Å². The fraction of sp³-hybridized carbons (Fsp3) is 0.526. The molecule has 0 saturated carbocycles. The molecule has 2 aliphatic rings. The quantitative estimate of drug-likeness (QED) is 0.715. The number of rotatable bonds is 4. The molecule has 2 aromatic heterocycles. The van der Waals surface area contributed by atoms with Crippen LogP contribution in [0.25, 0.3) is 0 Å². The maximum Gasteiger partial charge on any atom is 0.490 e. The molecule has 31 heavy (non-hydrogen) atoms. The van der Waals surface area contributed by atoms with Crippen molar-refractivity contribution < 1.29 is 41.5 Å². The summed E-state index contributed by atoms with van der Waals surface area (Å²) >= 11 is 0. The van der Waals surface area contributed by atoms with Crippen LogP contribution >= 0.6 is 0 Å². The molecule has 0 unspecified atom stereocenters. The minimum atomic E-state index is -5.08. The van der Waals surface area contributed by atoms with Crippen molar-refractivity contribution in [1.82, 2.24) is 15.0 Å². The molecular formula is C19H21F4N3O5. The first-order chi connectivity index (χ1) is 14.6. The van der Waals surface area contributed by atoms with Gasteiger partial charge in [0.15, 0.2) is 5.82 Å². The average molecular weight is 447 g/mol. The minimum Gasteiger partial charge on any atom is -0.475 e. The number of carboxylic acids is 1. The Morgan fingerprint density at radius 1 is 1.42 bits per heavy atom. The summed E-state index contributed by atoms with van der Waals surface area (Å²) in [5, 5.41) is 11.2. The van der Waals surface area contributed by atoms with Gasteiger partial charge in [-0.3, -0.25) is 4.90 Å². The van der Waals surface area contributed by atoms with E-state index in [4.69, 9.17) is 23.9 Å². The zero-order valence-corrected chi connectivity index (χ0v) is 16.5. The fourth-order valence-electron chi connectivity index (χ4n) is 3.59. The van der Waals surface area contributed by atoms with Crippen LogP contribution in [0.3, 0.4) is 0 Å². The summed E-state index contributed by atoms with van der Waals surface area (Å²) in [5.74, 6) is -2.37. The van der Waals surface area contributed by atoms with Gasteiger partial charge in [0.2, 0.25) is 0 Å². The first kappa shape index (κ1) is 22.9. The van der Waals surface area contributed by atoms with Crippen molar-refractivity contribution in [3.8, 4) is 5.88 Å². The Hall–Kier alpha value is -2.73. The van der Waals surface area contributed by atoms with E-state index >= 15 is 0 Å². The molecule has 0 amide bonds. The van der Waals surface area contributed by atoms with Crippen LogP contribution in [-0.2, 0) is 16.1 Å². The largest absolute Gasteiger partial charge is 0.490 e. The molecule has 1 N–H and O–H groups in total. The third-order valence-corrected chi connectivity index (χ3v) is 4.86. The monoisotopic (exact) mass is 447 g/mol. The topological polar surface area (TPSA) is 97.9 Å². The Bertz CT molecular complexity index is 891. The zero-order chi connectivity index (χ0) is 22.6. The second-order valence-electron chi connectivity index (χ2n) is 7.15. The molecule has 170 valence electrons. The van der Waals surface area contributed by atoms with Crippen molar-refractivity contribution in [2.45, 2.75) is 50.7 Å². The third-order valence-electron chi connectivity index (χ3n) is 4.86. The lowest BCUT2D eigenvalue weighted by Crippen LogP contribution is -2.42. The number of halogens is 4. The zero-order valence-electron chi connectivity index (χ0n) is 16.5. The highest BCUT2D eigenvalue weighted by Crippen LogP contribution is 2.32. The molecule has 0 aromatic carbocycles. The van der Waals surface area contributed by atoms with E-state index in [1.165, 1.54) is 12.3 Å². The van der Waals surface area contributed by atoms with Gasteiger partial charge < -0.3 is 19.1 Å². The summed E-state index contributed by atoms with van der Waals surface area (Å²) in [6, 6.07) is 5.08. The molecule has 0 aliphatic carbocycles. The predicted molar refractivity (Wildman–Crippen MR) is 96.7 cm³/mol. The Morgan fingerprint density at radius 2 is 2.16 bits per heavy atom. The second-order valence-corrected chi connectivity index (χ2v) is 7.15. The Kier molecular flexibility index (Phi) is 7.11. The lowest BCUT2D eigenvalue weighted by Gasteiger charge is -2.31. The van der Waals surface area contributed by atoms with Gasteiger partial charge in [0.25, 0.3) is 5.88 Å². The van der Waals surface area contributed by atoms with Gasteiger partial charge in [-0.15, -0.1) is 0 Å². The van der Waals surface area contributed by atoms with Crippen LogP contribution in [0.2, 0.25) is 0 Å². The first-order valence-corrected chi connectivity index (χ1v) is 9.50. The van der Waals surface area contributed by atoms with Crippen LogP contribution in [0, 0.1) is 12.7 Å². The highest BCUT2D eigenvalue weighted by Gasteiger charge is 2.46. The van der Waals surface area contributed by atoms with E-state index in [1.54, 1.807) is 6.07 Å². The smallest absolute Gasteiger partial charge is 0.475 e. The van der Waals surface area contributed by atoms with Gasteiger partial charge in [-0.25, -0.2) is 14.2 Å². The summed E-state index contributed by atoms with van der Waals surface area (Å²) in [6.07, 6.45) is -1.82. The number of aliphatic carboxylic acids is 1. The molecule has 4 heterocycles. The highest BCUT2D eigenvalue weighted by atomic mass is 19.4. The van der Waals surface area contributed by atoms with Gasteiger partial charge in [0.1, 0.15) is 18.0 Å². The molecular weight excluding hydrogens is 426 g/mol. The minimum absolute atomic E-state index is 0.0366. The van der Waals surface area contributed by atoms with Crippen molar-refractivity contribution in [2.24, 2.45) is 0 Å². The summed E-state index contributed by atoms with van der Waals surface area (Å²) in [5.41, 5.74) is 0.890. The van der Waals surface area contributed by atoms with Crippen LogP contribution in [0.5, 0.6) is 5.88 Å². The van der Waals surface area contributed by atoms with Crippen LogP contribution in [-0.4, -0.2) is 63.7 Å². The number of carbonyl (C=O) groups is 1. The van der Waals surface area contributed by atoms with E-state index in [1.807, 2.05) is 13.0 Å². The van der Waals surface area contributed by atoms with Crippen molar-refractivity contribution in [2.75, 3.05) is 13.2 Å². The number of aryl methyl sites for hydroxylation is 1. The number of nitrogens with zero attached hydrogens (tertiary/aromatic N) is 3. The molecule has 3 atom stereocenters. The summed E-state index contributed by atoms with van der Waals surface area (Å²) in [6.45, 7) is 3.91. The predicted octanol–water partition coefficient (Wildman–Crippen LogP) is 2.96. The number of pyridine rings is 1. The molecule has 2 aromatic rings. The molecule has 4 rings (SSSR count). The first-order valence-electron chi connectivity index (χ1n) is 9.50. The summed E-state index contributed by atoms with van der Waals surface area (Å²) in [7, 11) is 0. The Labute approximate surface area is 174 Å². The average Bonchev–Trinajstić information content (AvgIpc) is 3.27. The summed E-state index contributed by atoms with van der Waals surface area (Å²) in [4.78, 5) is 15.2. The van der Waals surface area contributed by atoms with Crippen LogP contribution in [0.4, 0.5) is 17.6 Å². The van der Waals surface area contributed by atoms with Gasteiger partial charge in [-0.05, 0) is 31.9 Å². The van der Waals surface area contributed by atoms with Gasteiger partial charge in [-0.1, -0.05) is 5.16 Å². The molecule has 12 heteroatoms.